The topological polar surface area (TPSA) is 104 Å². The molecular weight excluding hydrogens is 613 g/mol. The molecule has 1 aromatic carbocycles. The van der Waals surface area contributed by atoms with E-state index in [0.717, 1.165) is 89.2 Å². The summed E-state index contributed by atoms with van der Waals surface area (Å²) in [6.45, 7) is 9.90. The van der Waals surface area contributed by atoms with E-state index in [1.807, 2.05) is 23.1 Å². The quantitative estimate of drug-likeness (QED) is 0.344. The van der Waals surface area contributed by atoms with Crippen LogP contribution in [0.2, 0.25) is 10.0 Å². The molecule has 6 rings (SSSR count). The Kier molecular flexibility index (Phi) is 9.44. The van der Waals surface area contributed by atoms with Crippen LogP contribution in [0.15, 0.2) is 42.7 Å². The van der Waals surface area contributed by atoms with Gasteiger partial charge in [0.2, 0.25) is 23.6 Å². The van der Waals surface area contributed by atoms with Crippen LogP contribution < -0.4 is 15.0 Å². The van der Waals surface area contributed by atoms with Gasteiger partial charge in [-0.15, -0.1) is 0 Å². The van der Waals surface area contributed by atoms with Crippen molar-refractivity contribution in [3.8, 4) is 22.9 Å². The van der Waals surface area contributed by atoms with Crippen molar-refractivity contribution in [2.45, 2.75) is 46.1 Å². The molecule has 1 unspecified atom stereocenters. The fraction of sp³-hybridized carbons (Fsp3) is 0.485. The zero-order chi connectivity index (χ0) is 31.6. The summed E-state index contributed by atoms with van der Waals surface area (Å²) in [6.07, 6.45) is 7.48. The van der Waals surface area contributed by atoms with Crippen molar-refractivity contribution in [1.82, 2.24) is 30.1 Å². The van der Waals surface area contributed by atoms with Crippen LogP contribution in [0.1, 0.15) is 45.1 Å². The second-order valence-electron chi connectivity index (χ2n) is 12.7. The molecule has 1 atom stereocenters. The maximum atomic E-state index is 11.9. The first-order valence-corrected chi connectivity index (χ1v) is 16.3. The highest BCUT2D eigenvalue weighted by atomic mass is 35.5. The number of rotatable bonds is 8. The van der Waals surface area contributed by atoms with Crippen LogP contribution in [0.5, 0.6) is 11.6 Å². The standard InChI is InChI=1S/C33H39Cl2N7O3/c1-22(43)36-16-24-3-7-40(8-4-24)19-25-11-30(26-13-27(34)15-28(35)14-26)39-31(12-25)45-29-17-37-32(38-18-29)42-10-6-33(21-42)5-9-41(20-33)23(2)44/h11-15,17-18,24H,3-10,16,19-21H2,1-2H3,(H,36,43). The lowest BCUT2D eigenvalue weighted by Crippen LogP contribution is -2.37. The lowest BCUT2D eigenvalue weighted by molar-refractivity contribution is -0.128. The molecule has 12 heteroatoms. The van der Waals surface area contributed by atoms with Gasteiger partial charge < -0.3 is 19.9 Å². The fourth-order valence-corrected chi connectivity index (χ4v) is 7.26. The average Bonchev–Trinajstić information content (AvgIpc) is 3.63. The Balaban J connectivity index is 1.16. The Bertz CT molecular complexity index is 1530. The van der Waals surface area contributed by atoms with E-state index >= 15 is 0 Å². The minimum absolute atomic E-state index is 0.0196. The molecule has 10 nitrogen and oxygen atoms in total. The van der Waals surface area contributed by atoms with Gasteiger partial charge in [-0.2, -0.15) is 0 Å². The minimum Gasteiger partial charge on any atom is -0.436 e. The third-order valence-corrected chi connectivity index (χ3v) is 9.65. The largest absolute Gasteiger partial charge is 0.436 e. The number of likely N-dealkylation sites (tertiary alicyclic amines) is 2. The van der Waals surface area contributed by atoms with Gasteiger partial charge in [0.05, 0.1) is 18.1 Å². The number of nitrogens with zero attached hydrogens (tertiary/aromatic N) is 6. The summed E-state index contributed by atoms with van der Waals surface area (Å²) in [5.41, 5.74) is 2.69. The molecule has 1 N–H and O–H groups in total. The molecule has 1 spiro atoms. The van der Waals surface area contributed by atoms with Crippen molar-refractivity contribution >= 4 is 41.0 Å². The van der Waals surface area contributed by atoms with Crippen molar-refractivity contribution in [3.05, 3.63) is 58.3 Å². The van der Waals surface area contributed by atoms with Crippen LogP contribution >= 0.6 is 23.2 Å². The van der Waals surface area contributed by atoms with Gasteiger partial charge in [-0.1, -0.05) is 23.2 Å². The summed E-state index contributed by atoms with van der Waals surface area (Å²) >= 11 is 12.7. The van der Waals surface area contributed by atoms with Crippen molar-refractivity contribution in [1.29, 1.82) is 0 Å². The zero-order valence-corrected chi connectivity index (χ0v) is 27.3. The van der Waals surface area contributed by atoms with E-state index in [-0.39, 0.29) is 17.2 Å². The molecule has 238 valence electrons. The van der Waals surface area contributed by atoms with Gasteiger partial charge in [0.15, 0.2) is 5.75 Å². The van der Waals surface area contributed by atoms with Gasteiger partial charge in [-0.3, -0.25) is 14.5 Å². The van der Waals surface area contributed by atoms with E-state index in [0.29, 0.717) is 39.2 Å². The molecule has 3 saturated heterocycles. The number of carbonyl (C=O) groups excluding carboxylic acids is 2. The Labute approximate surface area is 274 Å². The number of piperidine rings is 1. The van der Waals surface area contributed by atoms with E-state index in [1.165, 1.54) is 0 Å². The summed E-state index contributed by atoms with van der Waals surface area (Å²) in [7, 11) is 0. The molecular formula is C33H39Cl2N7O3. The highest BCUT2D eigenvalue weighted by Gasteiger charge is 2.44. The molecule has 0 radical (unpaired) electrons. The average molecular weight is 653 g/mol. The third kappa shape index (κ3) is 7.85. The molecule has 3 aromatic rings. The third-order valence-electron chi connectivity index (χ3n) is 9.21. The molecule has 3 fully saturated rings. The Morgan fingerprint density at radius 3 is 2.33 bits per heavy atom. The second-order valence-corrected chi connectivity index (χ2v) is 13.6. The van der Waals surface area contributed by atoms with Gasteiger partial charge in [0, 0.05) is 80.2 Å². The first kappa shape index (κ1) is 31.5. The zero-order valence-electron chi connectivity index (χ0n) is 25.8. The molecule has 45 heavy (non-hydrogen) atoms. The van der Waals surface area contributed by atoms with E-state index in [2.05, 4.69) is 31.2 Å². The number of pyridine rings is 1. The van der Waals surface area contributed by atoms with Crippen molar-refractivity contribution in [2.24, 2.45) is 11.3 Å². The number of amides is 2. The Hall–Kier alpha value is -3.47. The van der Waals surface area contributed by atoms with E-state index < -0.39 is 0 Å². The van der Waals surface area contributed by atoms with Crippen LogP contribution in [0.25, 0.3) is 11.3 Å². The van der Waals surface area contributed by atoms with Gasteiger partial charge in [-0.25, -0.2) is 15.0 Å². The number of carbonyl (C=O) groups is 2. The van der Waals surface area contributed by atoms with Gasteiger partial charge in [0.1, 0.15) is 0 Å². The van der Waals surface area contributed by atoms with E-state index in [9.17, 15) is 9.59 Å². The first-order chi connectivity index (χ1) is 21.6. The number of benzene rings is 1. The highest BCUT2D eigenvalue weighted by Crippen LogP contribution is 2.40. The number of hydrogen-bond donors (Lipinski definition) is 1. The van der Waals surface area contributed by atoms with Gasteiger partial charge in [-0.05, 0) is 74.5 Å². The normalized spacial score (nSPS) is 20.6. The predicted octanol–water partition coefficient (Wildman–Crippen LogP) is 5.43. The lowest BCUT2D eigenvalue weighted by Gasteiger charge is -2.32. The molecule has 0 bridgehead atoms. The summed E-state index contributed by atoms with van der Waals surface area (Å²) < 4.78 is 6.23. The summed E-state index contributed by atoms with van der Waals surface area (Å²) in [5, 5.41) is 4.02. The number of ether oxygens (including phenoxy) is 1. The maximum Gasteiger partial charge on any atom is 0.225 e. The molecule has 2 amide bonds. The molecule has 5 heterocycles. The van der Waals surface area contributed by atoms with E-state index in [1.54, 1.807) is 32.3 Å². The molecule has 3 aliphatic rings. The molecule has 3 aliphatic heterocycles. The SMILES string of the molecule is CC(=O)NCC1CCN(Cc2cc(Oc3cnc(N4CCC5(CCN(C(C)=O)C5)C4)nc3)nc(-c3cc(Cl)cc(Cl)c3)c2)CC1. The number of anilines is 1. The minimum atomic E-state index is 0.0196. The maximum absolute atomic E-state index is 11.9. The van der Waals surface area contributed by atoms with Gasteiger partial charge >= 0.3 is 0 Å². The predicted molar refractivity (Wildman–Crippen MR) is 175 cm³/mol. The number of halogens is 2. The van der Waals surface area contributed by atoms with Crippen LogP contribution in [0, 0.1) is 11.3 Å². The lowest BCUT2D eigenvalue weighted by atomic mass is 9.86. The molecule has 0 aliphatic carbocycles. The van der Waals surface area contributed by atoms with Crippen molar-refractivity contribution in [3.63, 3.8) is 0 Å². The second kappa shape index (κ2) is 13.5. The fourth-order valence-electron chi connectivity index (χ4n) is 6.74. The highest BCUT2D eigenvalue weighted by molar-refractivity contribution is 6.35. The number of aromatic nitrogens is 3. The smallest absolute Gasteiger partial charge is 0.225 e. The summed E-state index contributed by atoms with van der Waals surface area (Å²) in [4.78, 5) is 43.8. The van der Waals surface area contributed by atoms with Crippen LogP contribution in [0.3, 0.4) is 0 Å². The van der Waals surface area contributed by atoms with Crippen LogP contribution in [0.4, 0.5) is 5.95 Å². The van der Waals surface area contributed by atoms with Crippen molar-refractivity contribution in [2.75, 3.05) is 50.7 Å². The molecule has 2 aromatic heterocycles. The first-order valence-electron chi connectivity index (χ1n) is 15.6. The molecule has 0 saturated carbocycles. The Morgan fingerprint density at radius 1 is 0.956 bits per heavy atom. The monoisotopic (exact) mass is 651 g/mol. The summed E-state index contributed by atoms with van der Waals surface area (Å²) in [6, 6.07) is 9.40. The van der Waals surface area contributed by atoms with Crippen LogP contribution in [-0.2, 0) is 16.1 Å². The number of hydrogen-bond acceptors (Lipinski definition) is 8. The van der Waals surface area contributed by atoms with E-state index in [4.69, 9.17) is 32.9 Å². The number of nitrogens with one attached hydrogen (secondary N) is 1. The Morgan fingerprint density at radius 2 is 1.67 bits per heavy atom. The van der Waals surface area contributed by atoms with Crippen LogP contribution in [-0.4, -0.2) is 82.4 Å². The van der Waals surface area contributed by atoms with Crippen molar-refractivity contribution < 1.29 is 14.3 Å². The summed E-state index contributed by atoms with van der Waals surface area (Å²) in [5.74, 6) is 2.25. The van der Waals surface area contributed by atoms with Gasteiger partial charge in [0.25, 0.3) is 0 Å².